The lowest BCUT2D eigenvalue weighted by Gasteiger charge is -2.19. The second kappa shape index (κ2) is 9.36. The number of nitrogens with one attached hydrogen (secondary N) is 1. The quantitative estimate of drug-likeness (QED) is 0.488. The van der Waals surface area contributed by atoms with Gasteiger partial charge in [0.05, 0.1) is 5.75 Å². The normalized spacial score (nSPS) is 14.1. The van der Waals surface area contributed by atoms with Crippen molar-refractivity contribution in [1.29, 1.82) is 0 Å². The average Bonchev–Trinajstić information content (AvgIpc) is 3.46. The highest BCUT2D eigenvalue weighted by Gasteiger charge is 2.16. The summed E-state index contributed by atoms with van der Waals surface area (Å²) in [6.45, 7) is 10.8. The summed E-state index contributed by atoms with van der Waals surface area (Å²) in [6, 6.07) is 14.3. The minimum absolute atomic E-state index is 0.0919. The van der Waals surface area contributed by atoms with Crippen molar-refractivity contribution >= 4 is 29.0 Å². The van der Waals surface area contributed by atoms with E-state index in [4.69, 9.17) is 4.42 Å². The van der Waals surface area contributed by atoms with Crippen molar-refractivity contribution in [3.05, 3.63) is 53.6 Å². The summed E-state index contributed by atoms with van der Waals surface area (Å²) in [6.07, 6.45) is 2.49. The number of carbonyl (C=O) groups is 1. The average molecular weight is 451 g/mol. The first-order valence-corrected chi connectivity index (χ1v) is 12.0. The van der Waals surface area contributed by atoms with Gasteiger partial charge < -0.3 is 14.6 Å². The van der Waals surface area contributed by atoms with Gasteiger partial charge in [0, 0.05) is 30.0 Å². The van der Waals surface area contributed by atoms with Crippen molar-refractivity contribution in [1.82, 2.24) is 10.2 Å². The fourth-order valence-electron chi connectivity index (χ4n) is 3.77. The van der Waals surface area contributed by atoms with Gasteiger partial charge in [-0.2, -0.15) is 0 Å². The molecule has 0 aliphatic carbocycles. The second-order valence-corrected chi connectivity index (χ2v) is 10.2. The number of aryl methyl sites for hydroxylation is 1. The Balaban J connectivity index is 1.32. The summed E-state index contributed by atoms with van der Waals surface area (Å²) >= 11 is 1.24. The Bertz CT molecular complexity index is 1080. The number of hydrogen-bond acceptors (Lipinski definition) is 6. The first-order valence-electron chi connectivity index (χ1n) is 11.0. The Kier molecular flexibility index (Phi) is 6.55. The van der Waals surface area contributed by atoms with Crippen molar-refractivity contribution in [3.8, 4) is 11.5 Å². The van der Waals surface area contributed by atoms with E-state index in [1.54, 1.807) is 0 Å². The first-order chi connectivity index (χ1) is 15.3. The van der Waals surface area contributed by atoms with Crippen LogP contribution >= 0.6 is 11.8 Å². The summed E-state index contributed by atoms with van der Waals surface area (Å²) in [7, 11) is 0. The summed E-state index contributed by atoms with van der Waals surface area (Å²) in [5.41, 5.74) is 5.33. The van der Waals surface area contributed by atoms with Gasteiger partial charge in [-0.1, -0.05) is 44.7 Å². The fourth-order valence-corrected chi connectivity index (χ4v) is 4.33. The highest BCUT2D eigenvalue weighted by molar-refractivity contribution is 7.99. The molecule has 7 heteroatoms. The standard InChI is InChI=1S/C25H30N4O2S/c1-17-15-20(29-13-5-6-14-29)11-12-21(17)26-22(30)16-32-24-28-27-23(31-24)18-7-9-19(10-8-18)25(2,3)4/h7-12,15H,5-6,13-14,16H2,1-4H3,(H,26,30). The molecule has 1 N–H and O–H groups in total. The molecule has 4 rings (SSSR count). The molecule has 0 radical (unpaired) electrons. The molecule has 1 aliphatic heterocycles. The lowest BCUT2D eigenvalue weighted by atomic mass is 9.87. The fraction of sp³-hybridized carbons (Fsp3) is 0.400. The second-order valence-electron chi connectivity index (χ2n) is 9.23. The van der Waals surface area contributed by atoms with Crippen molar-refractivity contribution in [2.24, 2.45) is 0 Å². The predicted octanol–water partition coefficient (Wildman–Crippen LogP) is 5.67. The molecule has 0 bridgehead atoms. The van der Waals surface area contributed by atoms with E-state index in [0.717, 1.165) is 29.9 Å². The molecule has 168 valence electrons. The van der Waals surface area contributed by atoms with Gasteiger partial charge in [-0.15, -0.1) is 10.2 Å². The molecule has 6 nitrogen and oxygen atoms in total. The molecular formula is C25H30N4O2S. The minimum atomic E-state index is -0.0960. The molecule has 2 heterocycles. The maximum Gasteiger partial charge on any atom is 0.277 e. The zero-order valence-electron chi connectivity index (χ0n) is 19.1. The summed E-state index contributed by atoms with van der Waals surface area (Å²) in [4.78, 5) is 14.8. The summed E-state index contributed by atoms with van der Waals surface area (Å²) in [5.74, 6) is 0.570. The Hall–Kier alpha value is -2.80. The Morgan fingerprint density at radius 2 is 1.81 bits per heavy atom. The number of benzene rings is 2. The maximum absolute atomic E-state index is 12.5. The third kappa shape index (κ3) is 5.33. The largest absolute Gasteiger partial charge is 0.411 e. The van der Waals surface area contributed by atoms with E-state index in [-0.39, 0.29) is 17.1 Å². The summed E-state index contributed by atoms with van der Waals surface area (Å²) in [5, 5.41) is 11.6. The van der Waals surface area contributed by atoms with Gasteiger partial charge in [-0.05, 0) is 66.6 Å². The van der Waals surface area contributed by atoms with Crippen LogP contribution < -0.4 is 10.2 Å². The van der Waals surface area contributed by atoms with Crippen LogP contribution in [0.1, 0.15) is 44.7 Å². The number of aromatic nitrogens is 2. The number of thioether (sulfide) groups is 1. The Morgan fingerprint density at radius 3 is 2.47 bits per heavy atom. The van der Waals surface area contributed by atoms with Gasteiger partial charge in [0.25, 0.3) is 5.22 Å². The van der Waals surface area contributed by atoms with Crippen molar-refractivity contribution in [3.63, 3.8) is 0 Å². The molecule has 2 aromatic carbocycles. The van der Waals surface area contributed by atoms with Gasteiger partial charge in [0.15, 0.2) is 0 Å². The van der Waals surface area contributed by atoms with Gasteiger partial charge in [0.1, 0.15) is 0 Å². The monoisotopic (exact) mass is 450 g/mol. The van der Waals surface area contributed by atoms with Gasteiger partial charge in [-0.3, -0.25) is 4.79 Å². The van der Waals surface area contributed by atoms with Crippen LogP contribution in [0.2, 0.25) is 0 Å². The van der Waals surface area contributed by atoms with Gasteiger partial charge in [0.2, 0.25) is 11.8 Å². The number of carbonyl (C=O) groups excluding carboxylic acids is 1. The van der Waals surface area contributed by atoms with Crippen LogP contribution in [0.25, 0.3) is 11.5 Å². The molecule has 0 saturated carbocycles. The third-order valence-electron chi connectivity index (χ3n) is 5.69. The van der Waals surface area contributed by atoms with Gasteiger partial charge in [-0.25, -0.2) is 0 Å². The van der Waals surface area contributed by atoms with Crippen LogP contribution in [0, 0.1) is 6.92 Å². The molecule has 3 aromatic rings. The topological polar surface area (TPSA) is 71.3 Å². The van der Waals surface area contributed by atoms with E-state index in [0.29, 0.717) is 11.1 Å². The SMILES string of the molecule is Cc1cc(N2CCCC2)ccc1NC(=O)CSc1nnc(-c2ccc(C(C)(C)C)cc2)o1. The molecule has 0 atom stereocenters. The van der Waals surface area contributed by atoms with E-state index in [9.17, 15) is 4.79 Å². The molecule has 1 aromatic heterocycles. The highest BCUT2D eigenvalue weighted by atomic mass is 32.2. The van der Waals surface area contributed by atoms with Crippen LogP contribution in [-0.2, 0) is 10.2 Å². The number of amides is 1. The molecule has 32 heavy (non-hydrogen) atoms. The molecule has 0 spiro atoms. The van der Waals surface area contributed by atoms with Crippen LogP contribution in [0.5, 0.6) is 0 Å². The number of rotatable bonds is 6. The van der Waals surface area contributed by atoms with E-state index in [2.05, 4.69) is 65.5 Å². The lowest BCUT2D eigenvalue weighted by molar-refractivity contribution is -0.113. The molecule has 1 aliphatic rings. The van der Waals surface area contributed by atoms with Crippen molar-refractivity contribution < 1.29 is 9.21 Å². The molecule has 0 unspecified atom stereocenters. The van der Waals surface area contributed by atoms with Gasteiger partial charge >= 0.3 is 0 Å². The van der Waals surface area contributed by atoms with E-state index in [1.165, 1.54) is 35.9 Å². The Morgan fingerprint density at radius 1 is 1.09 bits per heavy atom. The molecular weight excluding hydrogens is 420 g/mol. The smallest absolute Gasteiger partial charge is 0.277 e. The van der Waals surface area contributed by atoms with Crippen molar-refractivity contribution in [2.45, 2.75) is 51.2 Å². The molecule has 1 amide bonds. The minimum Gasteiger partial charge on any atom is -0.411 e. The van der Waals surface area contributed by atoms with Crippen LogP contribution in [0.15, 0.2) is 52.1 Å². The van der Waals surface area contributed by atoms with Crippen LogP contribution in [0.4, 0.5) is 11.4 Å². The number of nitrogens with zero attached hydrogens (tertiary/aromatic N) is 3. The van der Waals surface area contributed by atoms with Crippen molar-refractivity contribution in [2.75, 3.05) is 29.1 Å². The first kappa shape index (κ1) is 22.4. The number of anilines is 2. The third-order valence-corrected chi connectivity index (χ3v) is 6.50. The zero-order valence-corrected chi connectivity index (χ0v) is 20.0. The van der Waals surface area contributed by atoms with E-state index >= 15 is 0 Å². The lowest BCUT2D eigenvalue weighted by Crippen LogP contribution is -2.18. The maximum atomic E-state index is 12.5. The molecule has 1 saturated heterocycles. The number of hydrogen-bond donors (Lipinski definition) is 1. The highest BCUT2D eigenvalue weighted by Crippen LogP contribution is 2.28. The van der Waals surface area contributed by atoms with E-state index < -0.39 is 0 Å². The van der Waals surface area contributed by atoms with Crippen LogP contribution in [-0.4, -0.2) is 34.9 Å². The molecule has 1 fully saturated rings. The van der Waals surface area contributed by atoms with Crippen LogP contribution in [0.3, 0.4) is 0 Å². The Labute approximate surface area is 193 Å². The van der Waals surface area contributed by atoms with E-state index in [1.807, 2.05) is 25.1 Å². The predicted molar refractivity (Wildman–Crippen MR) is 130 cm³/mol. The zero-order chi connectivity index (χ0) is 22.7. The summed E-state index contributed by atoms with van der Waals surface area (Å²) < 4.78 is 5.75.